The van der Waals surface area contributed by atoms with E-state index in [2.05, 4.69) is 27.1 Å². The summed E-state index contributed by atoms with van der Waals surface area (Å²) < 4.78 is 5.14. The Kier molecular flexibility index (Phi) is 5.39. The minimum Gasteiger partial charge on any atom is -0.481 e. The van der Waals surface area contributed by atoms with Crippen molar-refractivity contribution in [3.8, 4) is 5.88 Å². The molecule has 2 rings (SSSR count). The first kappa shape index (κ1) is 14.1. The van der Waals surface area contributed by atoms with Crippen molar-refractivity contribution < 1.29 is 4.74 Å². The van der Waals surface area contributed by atoms with Gasteiger partial charge >= 0.3 is 0 Å². The zero-order chi connectivity index (χ0) is 13.5. The number of aromatic nitrogens is 2. The number of hydrogen-bond donors (Lipinski definition) is 1. The van der Waals surface area contributed by atoms with Gasteiger partial charge in [-0.3, -0.25) is 0 Å². The van der Waals surface area contributed by atoms with Gasteiger partial charge in [0.05, 0.1) is 7.11 Å². The van der Waals surface area contributed by atoms with Gasteiger partial charge < -0.3 is 15.0 Å². The molecule has 5 nitrogen and oxygen atoms in total. The SMILES string of the molecule is CCCNCC1CCN(c2cc(OC)ncn2)CC1. The normalized spacial score (nSPS) is 16.6. The molecule has 0 amide bonds. The topological polar surface area (TPSA) is 50.3 Å². The Hall–Kier alpha value is -1.36. The van der Waals surface area contributed by atoms with Crippen LogP contribution in [-0.4, -0.2) is 43.3 Å². The molecule has 0 saturated carbocycles. The Morgan fingerprint density at radius 2 is 2.16 bits per heavy atom. The fraction of sp³-hybridized carbons (Fsp3) is 0.714. The number of anilines is 1. The maximum Gasteiger partial charge on any atom is 0.218 e. The summed E-state index contributed by atoms with van der Waals surface area (Å²) in [6.45, 7) is 6.62. The van der Waals surface area contributed by atoms with Gasteiger partial charge in [-0.2, -0.15) is 0 Å². The third kappa shape index (κ3) is 4.06. The number of rotatable bonds is 6. The highest BCUT2D eigenvalue weighted by molar-refractivity contribution is 5.41. The summed E-state index contributed by atoms with van der Waals surface area (Å²) in [7, 11) is 1.64. The molecule has 0 spiro atoms. The molecule has 19 heavy (non-hydrogen) atoms. The van der Waals surface area contributed by atoms with Crippen LogP contribution in [0.4, 0.5) is 5.82 Å². The number of piperidine rings is 1. The minimum atomic E-state index is 0.636. The summed E-state index contributed by atoms with van der Waals surface area (Å²) in [6.07, 6.45) is 5.23. The van der Waals surface area contributed by atoms with Crippen LogP contribution < -0.4 is 15.0 Å². The summed E-state index contributed by atoms with van der Waals surface area (Å²) in [6, 6.07) is 1.91. The quantitative estimate of drug-likeness (QED) is 0.793. The van der Waals surface area contributed by atoms with Crippen LogP contribution in [0.1, 0.15) is 26.2 Å². The smallest absolute Gasteiger partial charge is 0.218 e. The highest BCUT2D eigenvalue weighted by atomic mass is 16.5. The molecule has 1 aliphatic heterocycles. The Labute approximate surface area is 115 Å². The maximum absolute atomic E-state index is 5.14. The molecule has 1 N–H and O–H groups in total. The lowest BCUT2D eigenvalue weighted by Crippen LogP contribution is -2.37. The van der Waals surface area contributed by atoms with Gasteiger partial charge in [0.15, 0.2) is 0 Å². The Balaban J connectivity index is 1.82. The number of nitrogens with one attached hydrogen (secondary N) is 1. The highest BCUT2D eigenvalue weighted by Crippen LogP contribution is 2.22. The molecule has 1 aromatic heterocycles. The van der Waals surface area contributed by atoms with Gasteiger partial charge in [-0.25, -0.2) is 9.97 Å². The maximum atomic E-state index is 5.14. The fourth-order valence-electron chi connectivity index (χ4n) is 2.46. The first-order valence-electron chi connectivity index (χ1n) is 7.15. The van der Waals surface area contributed by atoms with Gasteiger partial charge in [-0.1, -0.05) is 6.92 Å². The molecule has 1 aliphatic rings. The Morgan fingerprint density at radius 1 is 1.37 bits per heavy atom. The number of nitrogens with zero attached hydrogens (tertiary/aromatic N) is 3. The van der Waals surface area contributed by atoms with Crippen LogP contribution in [-0.2, 0) is 0 Å². The molecule has 0 aromatic carbocycles. The monoisotopic (exact) mass is 264 g/mol. The van der Waals surface area contributed by atoms with E-state index in [-0.39, 0.29) is 0 Å². The van der Waals surface area contributed by atoms with Crippen LogP contribution in [0.5, 0.6) is 5.88 Å². The lowest BCUT2D eigenvalue weighted by Gasteiger charge is -2.32. The molecular formula is C14H24N4O. The Morgan fingerprint density at radius 3 is 2.84 bits per heavy atom. The Bertz CT molecular complexity index is 377. The number of ether oxygens (including phenoxy) is 1. The number of hydrogen-bond acceptors (Lipinski definition) is 5. The molecule has 0 bridgehead atoms. The van der Waals surface area contributed by atoms with E-state index in [0.717, 1.165) is 37.9 Å². The standard InChI is InChI=1S/C14H24N4O/c1-3-6-15-10-12-4-7-18(8-5-12)13-9-14(19-2)17-11-16-13/h9,11-12,15H,3-8,10H2,1-2H3. The van der Waals surface area contributed by atoms with E-state index >= 15 is 0 Å². The average Bonchev–Trinajstić information content (AvgIpc) is 2.48. The van der Waals surface area contributed by atoms with Crippen LogP contribution >= 0.6 is 0 Å². The van der Waals surface area contributed by atoms with Gasteiger partial charge in [-0.15, -0.1) is 0 Å². The van der Waals surface area contributed by atoms with Gasteiger partial charge in [0, 0.05) is 19.2 Å². The van der Waals surface area contributed by atoms with Crippen molar-refractivity contribution in [3.63, 3.8) is 0 Å². The molecular weight excluding hydrogens is 240 g/mol. The predicted octanol–water partition coefficient (Wildman–Crippen LogP) is 1.70. The molecule has 1 aromatic rings. The summed E-state index contributed by atoms with van der Waals surface area (Å²) in [4.78, 5) is 10.7. The molecule has 1 saturated heterocycles. The van der Waals surface area contributed by atoms with Crippen molar-refractivity contribution in [2.75, 3.05) is 38.2 Å². The van der Waals surface area contributed by atoms with E-state index in [1.165, 1.54) is 19.3 Å². The van der Waals surface area contributed by atoms with E-state index in [4.69, 9.17) is 4.74 Å². The van der Waals surface area contributed by atoms with Crippen molar-refractivity contribution in [2.45, 2.75) is 26.2 Å². The van der Waals surface area contributed by atoms with Crippen molar-refractivity contribution in [1.82, 2.24) is 15.3 Å². The molecule has 106 valence electrons. The zero-order valence-electron chi connectivity index (χ0n) is 11.9. The summed E-state index contributed by atoms with van der Waals surface area (Å²) >= 11 is 0. The third-order valence-electron chi connectivity index (χ3n) is 3.64. The summed E-state index contributed by atoms with van der Waals surface area (Å²) in [5.41, 5.74) is 0. The molecule has 0 radical (unpaired) electrons. The van der Waals surface area contributed by atoms with Gasteiger partial charge in [0.25, 0.3) is 0 Å². The minimum absolute atomic E-state index is 0.636. The van der Waals surface area contributed by atoms with Crippen molar-refractivity contribution in [1.29, 1.82) is 0 Å². The van der Waals surface area contributed by atoms with Crippen molar-refractivity contribution in [3.05, 3.63) is 12.4 Å². The van der Waals surface area contributed by atoms with E-state index in [1.807, 2.05) is 6.07 Å². The van der Waals surface area contributed by atoms with E-state index in [1.54, 1.807) is 13.4 Å². The van der Waals surface area contributed by atoms with Crippen molar-refractivity contribution in [2.24, 2.45) is 5.92 Å². The van der Waals surface area contributed by atoms with Gasteiger partial charge in [0.1, 0.15) is 12.1 Å². The van der Waals surface area contributed by atoms with Gasteiger partial charge in [-0.05, 0) is 38.3 Å². The molecule has 1 fully saturated rings. The van der Waals surface area contributed by atoms with E-state index in [9.17, 15) is 0 Å². The van der Waals surface area contributed by atoms with Gasteiger partial charge in [0.2, 0.25) is 5.88 Å². The summed E-state index contributed by atoms with van der Waals surface area (Å²) in [5.74, 6) is 2.41. The third-order valence-corrected chi connectivity index (χ3v) is 3.64. The lowest BCUT2D eigenvalue weighted by molar-refractivity contribution is 0.379. The highest BCUT2D eigenvalue weighted by Gasteiger charge is 2.20. The predicted molar refractivity (Wildman–Crippen MR) is 76.7 cm³/mol. The summed E-state index contributed by atoms with van der Waals surface area (Å²) in [5, 5.41) is 3.51. The second-order valence-electron chi connectivity index (χ2n) is 5.05. The van der Waals surface area contributed by atoms with Crippen LogP contribution in [0.25, 0.3) is 0 Å². The van der Waals surface area contributed by atoms with Crippen LogP contribution in [0.2, 0.25) is 0 Å². The molecule has 0 aliphatic carbocycles. The van der Waals surface area contributed by atoms with E-state index in [0.29, 0.717) is 5.88 Å². The first-order chi connectivity index (χ1) is 9.33. The molecule has 5 heteroatoms. The van der Waals surface area contributed by atoms with Crippen LogP contribution in [0, 0.1) is 5.92 Å². The zero-order valence-corrected chi connectivity index (χ0v) is 11.9. The van der Waals surface area contributed by atoms with Crippen LogP contribution in [0.3, 0.4) is 0 Å². The van der Waals surface area contributed by atoms with E-state index < -0.39 is 0 Å². The second-order valence-corrected chi connectivity index (χ2v) is 5.05. The van der Waals surface area contributed by atoms with Crippen molar-refractivity contribution >= 4 is 5.82 Å². The lowest BCUT2D eigenvalue weighted by atomic mass is 9.97. The second kappa shape index (κ2) is 7.28. The number of methoxy groups -OCH3 is 1. The largest absolute Gasteiger partial charge is 0.481 e. The average molecular weight is 264 g/mol. The molecule has 0 unspecified atom stereocenters. The molecule has 2 heterocycles. The first-order valence-corrected chi connectivity index (χ1v) is 7.15. The van der Waals surface area contributed by atoms with Crippen LogP contribution in [0.15, 0.2) is 12.4 Å². The molecule has 0 atom stereocenters. The fourth-order valence-corrected chi connectivity index (χ4v) is 2.46.